The highest BCUT2D eigenvalue weighted by atomic mass is 16.6. The van der Waals surface area contributed by atoms with Gasteiger partial charge in [-0.05, 0) is 0 Å². The summed E-state index contributed by atoms with van der Waals surface area (Å²) in [6.45, 7) is 4.18. The topological polar surface area (TPSA) is 169 Å². The molecule has 0 aromatic rings. The monoisotopic (exact) mass is 406 g/mol. The van der Waals surface area contributed by atoms with Crippen molar-refractivity contribution in [3.05, 3.63) is 0 Å². The number of aliphatic carboxylic acids is 1. The normalized spacial score (nSPS) is 14.5. The van der Waals surface area contributed by atoms with Crippen LogP contribution in [0.5, 0.6) is 0 Å². The van der Waals surface area contributed by atoms with Crippen molar-refractivity contribution in [1.82, 2.24) is 0 Å². The van der Waals surface area contributed by atoms with Gasteiger partial charge < -0.3 is 28.8 Å². The second kappa shape index (κ2) is 11.5. The van der Waals surface area contributed by atoms with Crippen LogP contribution in [0, 0.1) is 0 Å². The van der Waals surface area contributed by atoms with E-state index < -0.39 is 66.8 Å². The summed E-state index contributed by atoms with van der Waals surface area (Å²) in [5.74, 6) is -6.40. The number of hydrogen-bond acceptors (Lipinski definition) is 11. The molecule has 0 fully saturated rings. The average Bonchev–Trinajstić information content (AvgIpc) is 2.51. The Morgan fingerprint density at radius 3 is 1.43 bits per heavy atom. The average molecular weight is 406 g/mol. The van der Waals surface area contributed by atoms with Crippen LogP contribution in [-0.4, -0.2) is 71.9 Å². The van der Waals surface area contributed by atoms with E-state index >= 15 is 0 Å². The first-order chi connectivity index (χ1) is 12.8. The van der Waals surface area contributed by atoms with Crippen LogP contribution in [0.15, 0.2) is 0 Å². The molecule has 1 N–H and O–H groups in total. The summed E-state index contributed by atoms with van der Waals surface area (Å²) in [6, 6.07) is 0. The molecule has 0 aliphatic rings. The van der Waals surface area contributed by atoms with Crippen LogP contribution in [0.2, 0.25) is 0 Å². The van der Waals surface area contributed by atoms with Crippen LogP contribution >= 0.6 is 0 Å². The summed E-state index contributed by atoms with van der Waals surface area (Å²) < 4.78 is 24.2. The predicted molar refractivity (Wildman–Crippen MR) is 86.5 cm³/mol. The molecule has 0 heterocycles. The van der Waals surface area contributed by atoms with Gasteiger partial charge in [0.15, 0.2) is 18.3 Å². The van der Waals surface area contributed by atoms with Crippen LogP contribution in [0.4, 0.5) is 0 Å². The zero-order valence-corrected chi connectivity index (χ0v) is 16.0. The summed E-state index contributed by atoms with van der Waals surface area (Å²) in [4.78, 5) is 68.3. The largest absolute Gasteiger partial charge is 0.478 e. The van der Waals surface area contributed by atoms with Crippen LogP contribution < -0.4 is 0 Å². The van der Waals surface area contributed by atoms with Crippen molar-refractivity contribution in [3.63, 3.8) is 0 Å². The number of carbonyl (C=O) groups is 6. The van der Waals surface area contributed by atoms with Gasteiger partial charge in [-0.2, -0.15) is 0 Å². The van der Waals surface area contributed by atoms with Gasteiger partial charge in [-0.15, -0.1) is 0 Å². The van der Waals surface area contributed by atoms with Gasteiger partial charge in [0, 0.05) is 34.6 Å². The Morgan fingerprint density at radius 2 is 1.07 bits per heavy atom. The van der Waals surface area contributed by atoms with Gasteiger partial charge in [-0.1, -0.05) is 0 Å². The highest BCUT2D eigenvalue weighted by Gasteiger charge is 2.47. The van der Waals surface area contributed by atoms with E-state index in [2.05, 4.69) is 4.74 Å². The van der Waals surface area contributed by atoms with Crippen LogP contribution in [0.25, 0.3) is 0 Å². The van der Waals surface area contributed by atoms with Crippen LogP contribution in [0.3, 0.4) is 0 Å². The highest BCUT2D eigenvalue weighted by Crippen LogP contribution is 2.20. The molecule has 0 aromatic carbocycles. The molecular weight excluding hydrogens is 384 g/mol. The first kappa shape index (κ1) is 24.8. The van der Waals surface area contributed by atoms with E-state index in [-0.39, 0.29) is 0 Å². The van der Waals surface area contributed by atoms with Crippen molar-refractivity contribution in [2.75, 3.05) is 6.61 Å². The molecular formula is C16H22O12. The van der Waals surface area contributed by atoms with Crippen LogP contribution in [-0.2, 0) is 52.5 Å². The molecule has 28 heavy (non-hydrogen) atoms. The maximum atomic E-state index is 11.6. The smallest absolute Gasteiger partial charge is 0.349 e. The fourth-order valence-electron chi connectivity index (χ4n) is 2.08. The molecule has 0 spiro atoms. The maximum Gasteiger partial charge on any atom is 0.349 e. The zero-order chi connectivity index (χ0) is 22.0. The fraction of sp³-hybridized carbons (Fsp3) is 0.625. The summed E-state index contributed by atoms with van der Waals surface area (Å²) in [5.41, 5.74) is 0. The van der Waals surface area contributed by atoms with E-state index in [1.807, 2.05) is 0 Å². The van der Waals surface area contributed by atoms with Crippen molar-refractivity contribution < 1.29 is 57.6 Å². The standard InChI is InChI=1S/C16H22O12/c1-7(17)24-6-12(25-8(2)18)13(26-9(3)19)14(27-10(4)20)15(16(22)23)28-11(5)21/h12-15H,6H2,1-5H3,(H,22,23)/t12-,13-,14+,15-/m1/s1. The maximum absolute atomic E-state index is 11.6. The number of esters is 5. The quantitative estimate of drug-likeness (QED) is 0.360. The summed E-state index contributed by atoms with van der Waals surface area (Å²) in [7, 11) is 0. The zero-order valence-electron chi connectivity index (χ0n) is 16.0. The lowest BCUT2D eigenvalue weighted by molar-refractivity contribution is -0.206. The van der Waals surface area contributed by atoms with Crippen molar-refractivity contribution in [2.24, 2.45) is 0 Å². The number of carboxylic acids is 1. The molecule has 0 unspecified atom stereocenters. The highest BCUT2D eigenvalue weighted by molar-refractivity contribution is 5.78. The minimum Gasteiger partial charge on any atom is -0.478 e. The van der Waals surface area contributed by atoms with Gasteiger partial charge in [-0.25, -0.2) is 4.79 Å². The Morgan fingerprint density at radius 1 is 0.643 bits per heavy atom. The van der Waals surface area contributed by atoms with Gasteiger partial charge in [-0.3, -0.25) is 24.0 Å². The Kier molecular flexibility index (Phi) is 10.2. The minimum atomic E-state index is -2.11. The molecule has 0 saturated carbocycles. The van der Waals surface area contributed by atoms with Gasteiger partial charge in [0.25, 0.3) is 0 Å². The third-order valence-corrected chi connectivity index (χ3v) is 2.90. The van der Waals surface area contributed by atoms with Crippen molar-refractivity contribution >= 4 is 35.8 Å². The third-order valence-electron chi connectivity index (χ3n) is 2.90. The lowest BCUT2D eigenvalue weighted by atomic mass is 10.0. The number of hydrogen-bond donors (Lipinski definition) is 1. The van der Waals surface area contributed by atoms with E-state index in [1.165, 1.54) is 0 Å². The number of carboxylic acid groups (broad SMARTS) is 1. The molecule has 12 heteroatoms. The molecule has 0 radical (unpaired) electrons. The second-order valence-electron chi connectivity index (χ2n) is 5.47. The Hall–Kier alpha value is -3.18. The fourth-order valence-corrected chi connectivity index (χ4v) is 2.08. The van der Waals surface area contributed by atoms with Gasteiger partial charge in [0.1, 0.15) is 6.61 Å². The number of rotatable bonds is 10. The van der Waals surface area contributed by atoms with Crippen molar-refractivity contribution in [2.45, 2.75) is 59.0 Å². The summed E-state index contributed by atoms with van der Waals surface area (Å²) >= 11 is 0. The molecule has 0 amide bonds. The molecule has 0 saturated heterocycles. The van der Waals surface area contributed by atoms with E-state index in [4.69, 9.17) is 18.9 Å². The van der Waals surface area contributed by atoms with Gasteiger partial charge in [0.2, 0.25) is 6.10 Å². The van der Waals surface area contributed by atoms with Crippen LogP contribution in [0.1, 0.15) is 34.6 Å². The Labute approximate surface area is 160 Å². The summed E-state index contributed by atoms with van der Waals surface area (Å²) in [5, 5.41) is 9.37. The number of ether oxygens (including phenoxy) is 5. The number of carbonyl (C=O) groups excluding carboxylic acids is 5. The predicted octanol–water partition coefficient (Wildman–Crippen LogP) is -0.639. The minimum absolute atomic E-state index is 0.656. The lowest BCUT2D eigenvalue weighted by Crippen LogP contribution is -2.55. The molecule has 0 bridgehead atoms. The van der Waals surface area contributed by atoms with E-state index in [0.717, 1.165) is 34.6 Å². The third kappa shape index (κ3) is 9.50. The molecule has 0 rings (SSSR count). The molecule has 0 aliphatic carbocycles. The van der Waals surface area contributed by atoms with Crippen molar-refractivity contribution in [3.8, 4) is 0 Å². The molecule has 12 nitrogen and oxygen atoms in total. The van der Waals surface area contributed by atoms with Gasteiger partial charge >= 0.3 is 35.8 Å². The molecule has 0 aliphatic heterocycles. The lowest BCUT2D eigenvalue weighted by Gasteiger charge is -2.33. The Balaban J connectivity index is 6.18. The first-order valence-corrected chi connectivity index (χ1v) is 7.90. The summed E-state index contributed by atoms with van der Waals surface area (Å²) in [6.07, 6.45) is -7.36. The second-order valence-corrected chi connectivity index (χ2v) is 5.47. The van der Waals surface area contributed by atoms with Gasteiger partial charge in [0.05, 0.1) is 0 Å². The molecule has 0 aromatic heterocycles. The van der Waals surface area contributed by atoms with E-state index in [1.54, 1.807) is 0 Å². The molecule has 4 atom stereocenters. The van der Waals surface area contributed by atoms with Crippen molar-refractivity contribution in [1.29, 1.82) is 0 Å². The molecule has 158 valence electrons. The van der Waals surface area contributed by atoms with E-state index in [0.29, 0.717) is 0 Å². The SMILES string of the molecule is CC(=O)OC[C@@H](OC(C)=O)[C@@H](OC(C)=O)[C@H](OC(C)=O)[C@@H](OC(C)=O)C(=O)O. The Bertz CT molecular complexity index is 625. The first-order valence-electron chi connectivity index (χ1n) is 7.90. The van der Waals surface area contributed by atoms with E-state index in [9.17, 15) is 33.9 Å².